The van der Waals surface area contributed by atoms with Gasteiger partial charge in [0.15, 0.2) is 6.17 Å². The van der Waals surface area contributed by atoms with Crippen LogP contribution in [0.1, 0.15) is 17.0 Å². The van der Waals surface area contributed by atoms with Crippen molar-refractivity contribution in [3.05, 3.63) is 35.4 Å². The number of benzene rings is 1. The van der Waals surface area contributed by atoms with Crippen molar-refractivity contribution < 1.29 is 23.4 Å². The molecule has 5 atom stereocenters. The fourth-order valence-corrected chi connectivity index (χ4v) is 3.29. The van der Waals surface area contributed by atoms with Crippen molar-refractivity contribution >= 4 is 11.7 Å². The molecule has 0 spiro atoms. The topological polar surface area (TPSA) is 83.1 Å². The van der Waals surface area contributed by atoms with Crippen LogP contribution in [0.5, 0.6) is 0 Å². The number of methoxy groups -OCH3 is 2. The second kappa shape index (κ2) is 6.35. The molecule has 124 valence electrons. The summed E-state index contributed by atoms with van der Waals surface area (Å²) in [6.45, 7) is 0.184. The molecule has 1 fully saturated rings. The Morgan fingerprint density at radius 3 is 2.78 bits per heavy atom. The number of amidine groups is 1. The number of hydrogen-bond acceptors (Lipinski definition) is 5. The monoisotopic (exact) mass is 322 g/mol. The predicted octanol–water partition coefficient (Wildman–Crippen LogP) is 0.783. The Labute approximate surface area is 133 Å². The summed E-state index contributed by atoms with van der Waals surface area (Å²) in [5.74, 6) is -1.19. The van der Waals surface area contributed by atoms with Crippen LogP contribution in [0.15, 0.2) is 29.3 Å². The Balaban J connectivity index is 1.97. The van der Waals surface area contributed by atoms with E-state index in [0.717, 1.165) is 0 Å². The molecule has 0 aromatic heterocycles. The molecule has 2 aliphatic heterocycles. The molecular weight excluding hydrogens is 303 g/mol. The molecule has 7 heteroatoms. The van der Waals surface area contributed by atoms with E-state index in [1.54, 1.807) is 24.3 Å². The molecule has 2 heterocycles. The second-order valence-electron chi connectivity index (χ2n) is 5.64. The summed E-state index contributed by atoms with van der Waals surface area (Å²) in [4.78, 5) is 16.2. The minimum atomic E-state index is -1.46. The van der Waals surface area contributed by atoms with E-state index in [4.69, 9.17) is 19.9 Å². The van der Waals surface area contributed by atoms with Crippen LogP contribution in [-0.2, 0) is 19.0 Å². The van der Waals surface area contributed by atoms with Crippen molar-refractivity contribution in [3.63, 3.8) is 0 Å². The van der Waals surface area contributed by atoms with E-state index in [-0.39, 0.29) is 12.4 Å². The molecule has 3 rings (SSSR count). The molecule has 1 amide bonds. The lowest BCUT2D eigenvalue weighted by molar-refractivity contribution is -0.124. The molecular formula is C16H19FN2O4. The summed E-state index contributed by atoms with van der Waals surface area (Å²) >= 11 is 0. The van der Waals surface area contributed by atoms with Crippen molar-refractivity contribution in [3.8, 4) is 0 Å². The van der Waals surface area contributed by atoms with Gasteiger partial charge < -0.3 is 19.9 Å². The van der Waals surface area contributed by atoms with E-state index in [1.165, 1.54) is 14.2 Å². The average molecular weight is 322 g/mol. The Morgan fingerprint density at radius 2 is 2.09 bits per heavy atom. The van der Waals surface area contributed by atoms with E-state index in [1.807, 2.05) is 0 Å². The fraction of sp³-hybridized carbons (Fsp3) is 0.500. The summed E-state index contributed by atoms with van der Waals surface area (Å²) < 4.78 is 30.9. The summed E-state index contributed by atoms with van der Waals surface area (Å²) in [6, 6.07) is 7.08. The van der Waals surface area contributed by atoms with E-state index >= 15 is 0 Å². The van der Waals surface area contributed by atoms with Gasteiger partial charge in [0, 0.05) is 19.8 Å². The van der Waals surface area contributed by atoms with Gasteiger partial charge in [0.05, 0.1) is 12.5 Å². The molecule has 0 bridgehead atoms. The zero-order valence-corrected chi connectivity index (χ0v) is 12.9. The third-order valence-electron chi connectivity index (χ3n) is 4.33. The average Bonchev–Trinajstić information content (AvgIpc) is 2.84. The summed E-state index contributed by atoms with van der Waals surface area (Å²) in [5.41, 5.74) is 7.08. The number of hydrogen-bond donors (Lipinski definition) is 1. The second-order valence-corrected chi connectivity index (χ2v) is 5.64. The molecule has 2 aliphatic rings. The molecule has 2 N–H and O–H groups in total. The maximum atomic E-state index is 14.8. The smallest absolute Gasteiger partial charge is 0.257 e. The maximum absolute atomic E-state index is 14.8. The molecule has 1 aromatic rings. The van der Waals surface area contributed by atoms with Crippen molar-refractivity contribution in [2.24, 2.45) is 10.7 Å². The Morgan fingerprint density at radius 1 is 1.35 bits per heavy atom. The molecule has 0 saturated carbocycles. The van der Waals surface area contributed by atoms with E-state index in [9.17, 15) is 9.18 Å². The van der Waals surface area contributed by atoms with Crippen LogP contribution >= 0.6 is 0 Å². The number of nitrogens with two attached hydrogens (primary N) is 1. The van der Waals surface area contributed by atoms with Crippen LogP contribution < -0.4 is 5.73 Å². The van der Waals surface area contributed by atoms with Gasteiger partial charge in [-0.15, -0.1) is 0 Å². The lowest BCUT2D eigenvalue weighted by Gasteiger charge is -2.27. The van der Waals surface area contributed by atoms with E-state index < -0.39 is 36.3 Å². The number of carbonyl (C=O) groups excluding carboxylic acids is 1. The van der Waals surface area contributed by atoms with Gasteiger partial charge in [0.25, 0.3) is 5.91 Å². The van der Waals surface area contributed by atoms with Crippen molar-refractivity contribution in [2.75, 3.05) is 20.8 Å². The van der Waals surface area contributed by atoms with Crippen LogP contribution in [0.4, 0.5) is 4.39 Å². The van der Waals surface area contributed by atoms with Crippen LogP contribution in [-0.4, -0.2) is 57.1 Å². The SMILES string of the molecule is COC[C@H]1O[C@@H](C2C(=O)N=C(N)c3ccccc32)[C@H](F)[C@@H]1OC. The zero-order valence-electron chi connectivity index (χ0n) is 12.9. The lowest BCUT2D eigenvalue weighted by atomic mass is 9.84. The van der Waals surface area contributed by atoms with Crippen molar-refractivity contribution in [1.82, 2.24) is 0 Å². The van der Waals surface area contributed by atoms with Gasteiger partial charge in [-0.1, -0.05) is 24.3 Å². The highest BCUT2D eigenvalue weighted by molar-refractivity contribution is 6.10. The van der Waals surface area contributed by atoms with Crippen LogP contribution in [0.2, 0.25) is 0 Å². The van der Waals surface area contributed by atoms with Crippen LogP contribution in [0.3, 0.4) is 0 Å². The number of alkyl halides is 1. The van der Waals surface area contributed by atoms with Crippen molar-refractivity contribution in [2.45, 2.75) is 30.4 Å². The van der Waals surface area contributed by atoms with Gasteiger partial charge in [0.2, 0.25) is 0 Å². The van der Waals surface area contributed by atoms with E-state index in [2.05, 4.69) is 4.99 Å². The first-order valence-corrected chi connectivity index (χ1v) is 7.37. The number of ether oxygens (including phenoxy) is 3. The lowest BCUT2D eigenvalue weighted by Crippen LogP contribution is -2.39. The Bertz CT molecular complexity index is 636. The van der Waals surface area contributed by atoms with Crippen LogP contribution in [0, 0.1) is 0 Å². The third-order valence-corrected chi connectivity index (χ3v) is 4.33. The standard InChI is InChI=1S/C16H19FN2O4/c1-21-7-10-13(22-2)12(17)14(23-10)11-8-5-3-4-6-9(8)15(18)19-16(11)20/h3-6,10-14H,7H2,1-2H3,(H2,18,19,20)/t10-,11?,12-,13-,14+/m1/s1. The maximum Gasteiger partial charge on any atom is 0.257 e. The minimum absolute atomic E-state index is 0.145. The van der Waals surface area contributed by atoms with E-state index in [0.29, 0.717) is 11.1 Å². The highest BCUT2D eigenvalue weighted by atomic mass is 19.1. The highest BCUT2D eigenvalue weighted by Crippen LogP contribution is 2.39. The number of nitrogens with zero attached hydrogens (tertiary/aromatic N) is 1. The first-order valence-electron chi connectivity index (χ1n) is 7.37. The largest absolute Gasteiger partial charge is 0.383 e. The fourth-order valence-electron chi connectivity index (χ4n) is 3.29. The van der Waals surface area contributed by atoms with Gasteiger partial charge in [-0.3, -0.25) is 4.79 Å². The highest BCUT2D eigenvalue weighted by Gasteiger charge is 2.52. The Hall–Kier alpha value is -1.83. The number of carbonyl (C=O) groups is 1. The van der Waals surface area contributed by atoms with Gasteiger partial charge in [-0.25, -0.2) is 4.39 Å². The molecule has 0 radical (unpaired) electrons. The van der Waals surface area contributed by atoms with Gasteiger partial charge in [0.1, 0.15) is 24.1 Å². The molecule has 0 aliphatic carbocycles. The Kier molecular flexibility index (Phi) is 4.43. The van der Waals surface area contributed by atoms with Gasteiger partial charge in [-0.2, -0.15) is 4.99 Å². The number of aliphatic imine (C=N–C) groups is 1. The first kappa shape index (κ1) is 16.0. The summed E-state index contributed by atoms with van der Waals surface area (Å²) in [7, 11) is 2.92. The normalized spacial score (nSPS) is 33.4. The minimum Gasteiger partial charge on any atom is -0.383 e. The number of fused-ring (bicyclic) bond motifs is 1. The zero-order chi connectivity index (χ0) is 16.6. The van der Waals surface area contributed by atoms with Gasteiger partial charge in [-0.05, 0) is 5.56 Å². The predicted molar refractivity (Wildman–Crippen MR) is 81.1 cm³/mol. The molecule has 1 unspecified atom stereocenters. The molecule has 1 saturated heterocycles. The number of halogens is 1. The first-order chi connectivity index (χ1) is 11.1. The summed E-state index contributed by atoms with van der Waals surface area (Å²) in [5, 5.41) is 0. The van der Waals surface area contributed by atoms with Crippen LogP contribution in [0.25, 0.3) is 0 Å². The number of rotatable bonds is 4. The van der Waals surface area contributed by atoms with Gasteiger partial charge >= 0.3 is 0 Å². The molecule has 23 heavy (non-hydrogen) atoms. The van der Waals surface area contributed by atoms with Crippen molar-refractivity contribution in [1.29, 1.82) is 0 Å². The molecule has 1 aromatic carbocycles. The summed E-state index contributed by atoms with van der Waals surface area (Å²) in [6.07, 6.45) is -3.81. The third kappa shape index (κ3) is 2.65. The quantitative estimate of drug-likeness (QED) is 0.886. The molecule has 6 nitrogen and oxygen atoms in total. The number of amides is 1.